The fourth-order valence-electron chi connectivity index (χ4n) is 2.01. The Hall–Kier alpha value is -2.04. The maximum Gasteiger partial charge on any atom is 0.269 e. The summed E-state index contributed by atoms with van der Waals surface area (Å²) in [6, 6.07) is 5.78. The molecule has 0 fully saturated rings. The van der Waals surface area contributed by atoms with Crippen molar-refractivity contribution < 1.29 is 17.9 Å². The highest BCUT2D eigenvalue weighted by molar-refractivity contribution is 7.91. The summed E-state index contributed by atoms with van der Waals surface area (Å²) in [5.74, 6) is 0.445. The molecule has 0 spiro atoms. The van der Waals surface area contributed by atoms with Gasteiger partial charge in [-0.05, 0) is 25.5 Å². The molecule has 0 unspecified atom stereocenters. The van der Waals surface area contributed by atoms with E-state index in [4.69, 9.17) is 4.74 Å². The molecule has 1 aromatic heterocycles. The normalized spacial score (nSPS) is 12.0. The zero-order chi connectivity index (χ0) is 20.2. The standard InChI is InChI=1S/C17H24N4O4S2/c1-11-6-7-13(12(2)10-11)25-9-8-18-27(23,24)16-21-20-15(26-16)19-14(22)17(3,4)5/h6-7,10,18H,8-9H2,1-5H3,(H,19,20,22). The highest BCUT2D eigenvalue weighted by Gasteiger charge is 2.25. The lowest BCUT2D eigenvalue weighted by Crippen LogP contribution is -2.28. The van der Waals surface area contributed by atoms with Gasteiger partial charge in [-0.15, -0.1) is 10.2 Å². The van der Waals surface area contributed by atoms with Crippen molar-refractivity contribution in [2.75, 3.05) is 18.5 Å². The van der Waals surface area contributed by atoms with Gasteiger partial charge in [-0.2, -0.15) is 0 Å². The van der Waals surface area contributed by atoms with E-state index < -0.39 is 15.4 Å². The smallest absolute Gasteiger partial charge is 0.269 e. The predicted molar refractivity (Wildman–Crippen MR) is 105 cm³/mol. The molecule has 1 amide bonds. The first-order valence-corrected chi connectivity index (χ1v) is 10.6. The van der Waals surface area contributed by atoms with Crippen LogP contribution in [0, 0.1) is 19.3 Å². The third kappa shape index (κ3) is 5.98. The summed E-state index contributed by atoms with van der Waals surface area (Å²) < 4.78 is 32.4. The van der Waals surface area contributed by atoms with Gasteiger partial charge in [0, 0.05) is 12.0 Å². The predicted octanol–water partition coefficient (Wildman–Crippen LogP) is 2.50. The van der Waals surface area contributed by atoms with Crippen molar-refractivity contribution in [3.8, 4) is 5.75 Å². The first-order chi connectivity index (χ1) is 12.5. The number of amides is 1. The summed E-state index contributed by atoms with van der Waals surface area (Å²) in [4.78, 5) is 11.9. The van der Waals surface area contributed by atoms with Crippen LogP contribution in [-0.2, 0) is 14.8 Å². The number of anilines is 1. The number of aromatic nitrogens is 2. The van der Waals surface area contributed by atoms with E-state index in [1.54, 1.807) is 20.8 Å². The molecule has 0 aliphatic rings. The molecular formula is C17H24N4O4S2. The van der Waals surface area contributed by atoms with Gasteiger partial charge in [0.2, 0.25) is 15.4 Å². The lowest BCUT2D eigenvalue weighted by Gasteiger charge is -2.15. The second-order valence-corrected chi connectivity index (χ2v) is 10.0. The molecule has 0 saturated carbocycles. The van der Waals surface area contributed by atoms with E-state index >= 15 is 0 Å². The highest BCUT2D eigenvalue weighted by atomic mass is 32.2. The number of hydrogen-bond acceptors (Lipinski definition) is 7. The Kier molecular flexibility index (Phi) is 6.55. The van der Waals surface area contributed by atoms with Gasteiger partial charge in [-0.25, -0.2) is 13.1 Å². The summed E-state index contributed by atoms with van der Waals surface area (Å²) in [6.07, 6.45) is 0. The zero-order valence-electron chi connectivity index (χ0n) is 16.0. The minimum Gasteiger partial charge on any atom is -0.492 e. The average molecular weight is 413 g/mol. The van der Waals surface area contributed by atoms with Gasteiger partial charge >= 0.3 is 0 Å². The number of benzene rings is 1. The molecule has 2 N–H and O–H groups in total. The van der Waals surface area contributed by atoms with Gasteiger partial charge in [0.15, 0.2) is 0 Å². The maximum absolute atomic E-state index is 12.3. The topological polar surface area (TPSA) is 110 Å². The molecule has 0 aliphatic carbocycles. The van der Waals surface area contributed by atoms with Gasteiger partial charge in [0.25, 0.3) is 10.0 Å². The van der Waals surface area contributed by atoms with E-state index in [2.05, 4.69) is 20.2 Å². The number of sulfonamides is 1. The van der Waals surface area contributed by atoms with Crippen LogP contribution in [0.3, 0.4) is 0 Å². The van der Waals surface area contributed by atoms with E-state index in [0.29, 0.717) is 5.75 Å². The van der Waals surface area contributed by atoms with Crippen LogP contribution in [0.1, 0.15) is 31.9 Å². The van der Waals surface area contributed by atoms with Crippen LogP contribution in [0.25, 0.3) is 0 Å². The van der Waals surface area contributed by atoms with Crippen molar-refractivity contribution in [2.24, 2.45) is 5.41 Å². The Balaban J connectivity index is 1.90. The molecule has 148 valence electrons. The number of carbonyl (C=O) groups is 1. The van der Waals surface area contributed by atoms with E-state index in [1.165, 1.54) is 0 Å². The molecule has 0 aliphatic heterocycles. The molecule has 27 heavy (non-hydrogen) atoms. The lowest BCUT2D eigenvalue weighted by atomic mass is 9.96. The van der Waals surface area contributed by atoms with Crippen LogP contribution in [0.4, 0.5) is 5.13 Å². The van der Waals surface area contributed by atoms with Crippen molar-refractivity contribution in [3.63, 3.8) is 0 Å². The molecular weight excluding hydrogens is 388 g/mol. The zero-order valence-corrected chi connectivity index (χ0v) is 17.6. The van der Waals surface area contributed by atoms with Crippen LogP contribution < -0.4 is 14.8 Å². The summed E-state index contributed by atoms with van der Waals surface area (Å²) in [5, 5.41) is 10.1. The van der Waals surface area contributed by atoms with Crippen molar-refractivity contribution in [1.82, 2.24) is 14.9 Å². The summed E-state index contributed by atoms with van der Waals surface area (Å²) >= 11 is 0.797. The molecule has 0 atom stereocenters. The van der Waals surface area contributed by atoms with Gasteiger partial charge in [-0.1, -0.05) is 49.8 Å². The van der Waals surface area contributed by atoms with Crippen LogP contribution in [0.15, 0.2) is 22.5 Å². The molecule has 8 nitrogen and oxygen atoms in total. The molecule has 1 aromatic carbocycles. The number of nitrogens with one attached hydrogen (secondary N) is 2. The van der Waals surface area contributed by atoms with Crippen LogP contribution >= 0.6 is 11.3 Å². The lowest BCUT2D eigenvalue weighted by molar-refractivity contribution is -0.123. The van der Waals surface area contributed by atoms with E-state index in [0.717, 1.165) is 22.5 Å². The van der Waals surface area contributed by atoms with Crippen LogP contribution in [-0.4, -0.2) is 37.7 Å². The molecule has 0 saturated heterocycles. The molecule has 1 heterocycles. The first kappa shape index (κ1) is 21.3. The van der Waals surface area contributed by atoms with Gasteiger partial charge in [0.1, 0.15) is 12.4 Å². The Labute approximate surface area is 163 Å². The Morgan fingerprint density at radius 2 is 1.93 bits per heavy atom. The fourth-order valence-corrected chi connectivity index (χ4v) is 3.96. The number of carbonyl (C=O) groups excluding carboxylic acids is 1. The summed E-state index contributed by atoms with van der Waals surface area (Å²) in [7, 11) is -3.82. The van der Waals surface area contributed by atoms with Crippen molar-refractivity contribution in [1.29, 1.82) is 0 Å². The van der Waals surface area contributed by atoms with Crippen LogP contribution in [0.5, 0.6) is 5.75 Å². The average Bonchev–Trinajstić information content (AvgIpc) is 3.01. The van der Waals surface area contributed by atoms with Crippen molar-refractivity contribution in [3.05, 3.63) is 29.3 Å². The Bertz CT molecular complexity index is 917. The fraction of sp³-hybridized carbons (Fsp3) is 0.471. The molecule has 0 radical (unpaired) electrons. The molecule has 0 bridgehead atoms. The van der Waals surface area contributed by atoms with Crippen molar-refractivity contribution >= 4 is 32.4 Å². The summed E-state index contributed by atoms with van der Waals surface area (Å²) in [5.41, 5.74) is 1.50. The number of rotatable bonds is 7. The highest BCUT2D eigenvalue weighted by Crippen LogP contribution is 2.23. The van der Waals surface area contributed by atoms with E-state index in [9.17, 15) is 13.2 Å². The van der Waals surface area contributed by atoms with E-state index in [-0.39, 0.29) is 28.5 Å². The number of hydrogen-bond donors (Lipinski definition) is 2. The minimum atomic E-state index is -3.82. The largest absolute Gasteiger partial charge is 0.492 e. The monoisotopic (exact) mass is 412 g/mol. The maximum atomic E-state index is 12.3. The molecule has 2 rings (SSSR count). The molecule has 2 aromatic rings. The van der Waals surface area contributed by atoms with E-state index in [1.807, 2.05) is 32.0 Å². The second kappa shape index (κ2) is 8.32. The van der Waals surface area contributed by atoms with Crippen LogP contribution in [0.2, 0.25) is 0 Å². The summed E-state index contributed by atoms with van der Waals surface area (Å²) in [6.45, 7) is 9.43. The second-order valence-electron chi connectivity index (χ2n) is 7.09. The number of aryl methyl sites for hydroxylation is 2. The first-order valence-electron chi connectivity index (χ1n) is 8.34. The van der Waals surface area contributed by atoms with Gasteiger partial charge in [-0.3, -0.25) is 4.79 Å². The third-order valence-electron chi connectivity index (χ3n) is 3.52. The van der Waals surface area contributed by atoms with Gasteiger partial charge < -0.3 is 10.1 Å². The third-order valence-corrected chi connectivity index (χ3v) is 6.19. The Morgan fingerprint density at radius 1 is 1.22 bits per heavy atom. The van der Waals surface area contributed by atoms with Gasteiger partial charge in [0.05, 0.1) is 0 Å². The molecule has 10 heteroatoms. The minimum absolute atomic E-state index is 0.0823. The SMILES string of the molecule is Cc1ccc(OCCNS(=O)(=O)c2nnc(NC(=O)C(C)(C)C)s2)c(C)c1. The number of ether oxygens (including phenoxy) is 1. The number of nitrogens with zero attached hydrogens (tertiary/aromatic N) is 2. The van der Waals surface area contributed by atoms with Crippen molar-refractivity contribution in [2.45, 2.75) is 39.0 Å². The quantitative estimate of drug-likeness (QED) is 0.534. The Morgan fingerprint density at radius 3 is 2.56 bits per heavy atom.